The second-order valence-electron chi connectivity index (χ2n) is 4.61. The lowest BCUT2D eigenvalue weighted by Crippen LogP contribution is -2.30. The van der Waals surface area contributed by atoms with Crippen molar-refractivity contribution in [2.45, 2.75) is 6.10 Å². The van der Waals surface area contributed by atoms with Crippen LogP contribution in [0.2, 0.25) is 0 Å². The van der Waals surface area contributed by atoms with Crippen molar-refractivity contribution in [2.24, 2.45) is 0 Å². The predicted octanol–water partition coefficient (Wildman–Crippen LogP) is 0.978. The SMILES string of the molecule is O=C(NOC[C@@H](O)CO)c1ncncc1Nc1ccc(I)cc1F. The number of aliphatic hydroxyl groups excluding tert-OH is 2. The molecule has 0 aliphatic heterocycles. The van der Waals surface area contributed by atoms with E-state index in [4.69, 9.17) is 15.1 Å². The second-order valence-corrected chi connectivity index (χ2v) is 5.86. The molecule has 8 nitrogen and oxygen atoms in total. The summed E-state index contributed by atoms with van der Waals surface area (Å²) in [6, 6.07) is 4.57. The van der Waals surface area contributed by atoms with Gasteiger partial charge >= 0.3 is 0 Å². The molecule has 24 heavy (non-hydrogen) atoms. The van der Waals surface area contributed by atoms with Gasteiger partial charge in [0.05, 0.1) is 24.2 Å². The number of hydrogen-bond donors (Lipinski definition) is 4. The van der Waals surface area contributed by atoms with Crippen molar-refractivity contribution in [3.05, 3.63) is 45.8 Å². The lowest BCUT2D eigenvalue weighted by Gasteiger charge is -2.12. The van der Waals surface area contributed by atoms with E-state index in [0.29, 0.717) is 0 Å². The Morgan fingerprint density at radius 3 is 2.92 bits per heavy atom. The van der Waals surface area contributed by atoms with Gasteiger partial charge in [-0.05, 0) is 40.8 Å². The summed E-state index contributed by atoms with van der Waals surface area (Å²) < 4.78 is 14.6. The first kappa shape index (κ1) is 18.4. The normalized spacial score (nSPS) is 11.8. The maximum Gasteiger partial charge on any atom is 0.295 e. The molecule has 0 radical (unpaired) electrons. The largest absolute Gasteiger partial charge is 0.394 e. The number of aromatic nitrogens is 2. The molecule has 0 saturated carbocycles. The Balaban J connectivity index is 2.10. The highest BCUT2D eigenvalue weighted by Gasteiger charge is 2.15. The molecule has 0 spiro atoms. The molecule has 2 rings (SSSR count). The number of rotatable bonds is 7. The average molecular weight is 448 g/mol. The van der Waals surface area contributed by atoms with Gasteiger partial charge < -0.3 is 15.5 Å². The van der Waals surface area contributed by atoms with Crippen LogP contribution in [0.15, 0.2) is 30.7 Å². The third kappa shape index (κ3) is 5.06. The maximum atomic E-state index is 13.9. The van der Waals surface area contributed by atoms with Gasteiger partial charge in [0.25, 0.3) is 5.91 Å². The van der Waals surface area contributed by atoms with Crippen molar-refractivity contribution < 1.29 is 24.2 Å². The molecule has 4 N–H and O–H groups in total. The number of nitrogens with one attached hydrogen (secondary N) is 2. The zero-order valence-electron chi connectivity index (χ0n) is 12.2. The monoisotopic (exact) mass is 448 g/mol. The van der Waals surface area contributed by atoms with Crippen molar-refractivity contribution in [3.63, 3.8) is 0 Å². The number of amides is 1. The van der Waals surface area contributed by atoms with Crippen molar-refractivity contribution in [1.82, 2.24) is 15.4 Å². The fourth-order valence-electron chi connectivity index (χ4n) is 1.64. The average Bonchev–Trinajstić information content (AvgIpc) is 2.57. The van der Waals surface area contributed by atoms with E-state index in [1.807, 2.05) is 22.6 Å². The standard InChI is InChI=1S/C14H14FIN4O4/c15-10-3-8(16)1-2-11(10)19-12-4-17-7-18-13(12)14(23)20-24-6-9(22)5-21/h1-4,7,9,19,21-22H,5-6H2,(H,20,23)/t9-/m0/s1. The number of hydrogen-bond acceptors (Lipinski definition) is 7. The lowest BCUT2D eigenvalue weighted by atomic mass is 10.2. The zero-order valence-corrected chi connectivity index (χ0v) is 14.4. The molecule has 2 aromatic rings. The molecule has 0 aliphatic rings. The summed E-state index contributed by atoms with van der Waals surface area (Å²) in [6.45, 7) is -0.788. The summed E-state index contributed by atoms with van der Waals surface area (Å²) in [6.07, 6.45) is 1.36. The molecule has 0 fully saturated rings. The Hall–Kier alpha value is -1.89. The van der Waals surface area contributed by atoms with Crippen LogP contribution in [0.5, 0.6) is 0 Å². The summed E-state index contributed by atoms with van der Waals surface area (Å²) in [5, 5.41) is 20.5. The van der Waals surface area contributed by atoms with Crippen LogP contribution in [0.4, 0.5) is 15.8 Å². The minimum absolute atomic E-state index is 0.0681. The first-order valence-electron chi connectivity index (χ1n) is 6.74. The van der Waals surface area contributed by atoms with Gasteiger partial charge in [-0.15, -0.1) is 0 Å². The Bertz CT molecular complexity index is 719. The van der Waals surface area contributed by atoms with Gasteiger partial charge in [0.2, 0.25) is 0 Å². The van der Waals surface area contributed by atoms with Gasteiger partial charge in [0.15, 0.2) is 5.69 Å². The van der Waals surface area contributed by atoms with Crippen LogP contribution in [0.3, 0.4) is 0 Å². The smallest absolute Gasteiger partial charge is 0.295 e. The van der Waals surface area contributed by atoms with Crippen molar-refractivity contribution in [1.29, 1.82) is 0 Å². The summed E-state index contributed by atoms with van der Waals surface area (Å²) in [5.74, 6) is -1.20. The fourth-order valence-corrected chi connectivity index (χ4v) is 2.10. The van der Waals surface area contributed by atoms with Crippen LogP contribution < -0.4 is 10.8 Å². The van der Waals surface area contributed by atoms with Crippen molar-refractivity contribution in [2.75, 3.05) is 18.5 Å². The molecule has 0 unspecified atom stereocenters. The quantitative estimate of drug-likeness (QED) is 0.369. The summed E-state index contributed by atoms with van der Waals surface area (Å²) >= 11 is 1.98. The first-order chi connectivity index (χ1) is 11.5. The molecule has 1 atom stereocenters. The molecule has 0 bridgehead atoms. The summed E-state index contributed by atoms with van der Waals surface area (Å²) in [5.41, 5.74) is 2.36. The minimum atomic E-state index is -1.12. The second kappa shape index (κ2) is 8.82. The highest BCUT2D eigenvalue weighted by atomic mass is 127. The van der Waals surface area contributed by atoms with E-state index >= 15 is 0 Å². The van der Waals surface area contributed by atoms with Crippen LogP contribution in [0.1, 0.15) is 10.5 Å². The molecule has 10 heteroatoms. The van der Waals surface area contributed by atoms with E-state index in [-0.39, 0.29) is 23.7 Å². The Morgan fingerprint density at radius 1 is 1.42 bits per heavy atom. The third-order valence-electron chi connectivity index (χ3n) is 2.78. The molecule has 1 amide bonds. The van der Waals surface area contributed by atoms with Gasteiger partial charge in [-0.3, -0.25) is 9.63 Å². The molecule has 1 heterocycles. The first-order valence-corrected chi connectivity index (χ1v) is 7.82. The third-order valence-corrected chi connectivity index (χ3v) is 3.45. The number of anilines is 2. The highest BCUT2D eigenvalue weighted by Crippen LogP contribution is 2.22. The molecule has 0 saturated heterocycles. The van der Waals surface area contributed by atoms with E-state index in [1.165, 1.54) is 18.3 Å². The van der Waals surface area contributed by atoms with Gasteiger partial charge in [0.1, 0.15) is 24.9 Å². The number of nitrogens with zero attached hydrogens (tertiary/aromatic N) is 2. The Kier molecular flexibility index (Phi) is 6.78. The molecule has 128 valence electrons. The molecule has 1 aromatic heterocycles. The Labute approximate surface area is 150 Å². The molecule has 1 aromatic carbocycles. The van der Waals surface area contributed by atoms with Crippen molar-refractivity contribution >= 4 is 39.9 Å². The molecular weight excluding hydrogens is 434 g/mol. The number of carbonyl (C=O) groups excluding carboxylic acids is 1. The van der Waals surface area contributed by atoms with Crippen molar-refractivity contribution in [3.8, 4) is 0 Å². The lowest BCUT2D eigenvalue weighted by molar-refractivity contribution is -0.0296. The van der Waals surface area contributed by atoms with Crippen LogP contribution in [0, 0.1) is 9.39 Å². The number of carbonyl (C=O) groups is 1. The van der Waals surface area contributed by atoms with E-state index in [9.17, 15) is 9.18 Å². The van der Waals surface area contributed by atoms with E-state index < -0.39 is 24.4 Å². The van der Waals surface area contributed by atoms with Crippen LogP contribution in [-0.4, -0.2) is 45.4 Å². The number of benzene rings is 1. The number of hydroxylamine groups is 1. The summed E-state index contributed by atoms with van der Waals surface area (Å²) in [7, 11) is 0. The van der Waals surface area contributed by atoms with E-state index in [0.717, 1.165) is 9.90 Å². The summed E-state index contributed by atoms with van der Waals surface area (Å²) in [4.78, 5) is 24.5. The van der Waals surface area contributed by atoms with Gasteiger partial charge in [0, 0.05) is 3.57 Å². The number of aliphatic hydroxyl groups is 2. The van der Waals surface area contributed by atoms with Crippen LogP contribution >= 0.6 is 22.6 Å². The zero-order chi connectivity index (χ0) is 17.5. The highest BCUT2D eigenvalue weighted by molar-refractivity contribution is 14.1. The van der Waals surface area contributed by atoms with Crippen LogP contribution in [0.25, 0.3) is 0 Å². The molecular formula is C14H14FIN4O4. The van der Waals surface area contributed by atoms with Crippen LogP contribution in [-0.2, 0) is 4.84 Å². The molecule has 0 aliphatic carbocycles. The van der Waals surface area contributed by atoms with Gasteiger partial charge in [-0.1, -0.05) is 0 Å². The maximum absolute atomic E-state index is 13.9. The number of halogens is 2. The van der Waals surface area contributed by atoms with Gasteiger partial charge in [-0.2, -0.15) is 0 Å². The minimum Gasteiger partial charge on any atom is -0.394 e. The predicted molar refractivity (Wildman–Crippen MR) is 90.9 cm³/mol. The van der Waals surface area contributed by atoms with Gasteiger partial charge in [-0.25, -0.2) is 19.8 Å². The van der Waals surface area contributed by atoms with E-state index in [2.05, 4.69) is 20.8 Å². The topological polar surface area (TPSA) is 117 Å². The van der Waals surface area contributed by atoms with E-state index in [1.54, 1.807) is 6.07 Å². The fraction of sp³-hybridized carbons (Fsp3) is 0.214. The Morgan fingerprint density at radius 2 is 2.21 bits per heavy atom.